The second kappa shape index (κ2) is 4.87. The van der Waals surface area contributed by atoms with Gasteiger partial charge < -0.3 is 15.4 Å². The third-order valence-corrected chi connectivity index (χ3v) is 2.95. The van der Waals surface area contributed by atoms with Gasteiger partial charge in [0.1, 0.15) is 0 Å². The summed E-state index contributed by atoms with van der Waals surface area (Å²) < 4.78 is 5.54. The summed E-state index contributed by atoms with van der Waals surface area (Å²) in [6, 6.07) is 0.214. The standard InChI is InChI=1S/C12H20N4O/c1-8(2)17-12-5-14-4-11(15-12)16-6-9(3)10(13)7-16/h4-5,8-10H,6-7,13H2,1-3H3. The lowest BCUT2D eigenvalue weighted by Gasteiger charge is -2.17. The molecule has 94 valence electrons. The monoisotopic (exact) mass is 236 g/mol. The minimum atomic E-state index is 0.110. The van der Waals surface area contributed by atoms with Gasteiger partial charge in [-0.15, -0.1) is 0 Å². The molecule has 5 heteroatoms. The summed E-state index contributed by atoms with van der Waals surface area (Å²) in [4.78, 5) is 10.8. The van der Waals surface area contributed by atoms with Crippen molar-refractivity contribution >= 4 is 5.82 Å². The molecule has 1 aromatic rings. The van der Waals surface area contributed by atoms with Crippen LogP contribution in [0.15, 0.2) is 12.4 Å². The lowest BCUT2D eigenvalue weighted by Crippen LogP contribution is -2.28. The topological polar surface area (TPSA) is 64.3 Å². The molecule has 5 nitrogen and oxygen atoms in total. The molecule has 2 unspecified atom stereocenters. The van der Waals surface area contributed by atoms with Gasteiger partial charge in [-0.1, -0.05) is 6.92 Å². The Kier molecular flexibility index (Phi) is 3.47. The predicted molar refractivity (Wildman–Crippen MR) is 67.1 cm³/mol. The summed E-state index contributed by atoms with van der Waals surface area (Å²) in [5.74, 6) is 1.92. The third-order valence-electron chi connectivity index (χ3n) is 2.95. The van der Waals surface area contributed by atoms with E-state index < -0.39 is 0 Å². The maximum atomic E-state index is 6.00. The molecule has 0 radical (unpaired) electrons. The molecule has 2 atom stereocenters. The molecule has 1 aliphatic rings. The molecular weight excluding hydrogens is 216 g/mol. The van der Waals surface area contributed by atoms with Crippen LogP contribution >= 0.6 is 0 Å². The van der Waals surface area contributed by atoms with Crippen molar-refractivity contribution in [2.45, 2.75) is 32.9 Å². The van der Waals surface area contributed by atoms with Crippen molar-refractivity contribution < 1.29 is 4.74 Å². The summed E-state index contributed by atoms with van der Waals surface area (Å²) in [5, 5.41) is 0. The van der Waals surface area contributed by atoms with Gasteiger partial charge in [0.05, 0.1) is 18.5 Å². The number of nitrogens with zero attached hydrogens (tertiary/aromatic N) is 3. The van der Waals surface area contributed by atoms with Crippen LogP contribution in [-0.4, -0.2) is 35.2 Å². The van der Waals surface area contributed by atoms with E-state index in [-0.39, 0.29) is 12.1 Å². The highest BCUT2D eigenvalue weighted by atomic mass is 16.5. The SMILES string of the molecule is CC(C)Oc1cncc(N2CC(C)C(N)C2)n1. The summed E-state index contributed by atoms with van der Waals surface area (Å²) >= 11 is 0. The van der Waals surface area contributed by atoms with Crippen molar-refractivity contribution in [1.29, 1.82) is 0 Å². The lowest BCUT2D eigenvalue weighted by molar-refractivity contribution is 0.231. The first kappa shape index (κ1) is 12.1. The van der Waals surface area contributed by atoms with Crippen LogP contribution in [0.1, 0.15) is 20.8 Å². The highest BCUT2D eigenvalue weighted by Gasteiger charge is 2.27. The summed E-state index contributed by atoms with van der Waals surface area (Å²) in [7, 11) is 0. The molecule has 2 N–H and O–H groups in total. The first-order valence-electron chi connectivity index (χ1n) is 6.05. The minimum Gasteiger partial charge on any atom is -0.474 e. The Balaban J connectivity index is 2.11. The molecule has 1 fully saturated rings. The normalized spacial score (nSPS) is 24.4. The van der Waals surface area contributed by atoms with Crippen LogP contribution in [0.2, 0.25) is 0 Å². The Morgan fingerprint density at radius 1 is 1.41 bits per heavy atom. The maximum Gasteiger partial charge on any atom is 0.234 e. The summed E-state index contributed by atoms with van der Waals surface area (Å²) in [6.45, 7) is 7.87. The van der Waals surface area contributed by atoms with E-state index in [4.69, 9.17) is 10.5 Å². The van der Waals surface area contributed by atoms with Crippen LogP contribution in [0.5, 0.6) is 5.88 Å². The molecule has 0 aromatic carbocycles. The number of hydrogen-bond donors (Lipinski definition) is 1. The molecule has 0 bridgehead atoms. The van der Waals surface area contributed by atoms with Crippen LogP contribution in [0.3, 0.4) is 0 Å². The lowest BCUT2D eigenvalue weighted by atomic mass is 10.1. The summed E-state index contributed by atoms with van der Waals surface area (Å²) in [5.41, 5.74) is 6.00. The number of ether oxygens (including phenoxy) is 1. The fourth-order valence-electron chi connectivity index (χ4n) is 1.97. The molecular formula is C12H20N4O. The quantitative estimate of drug-likeness (QED) is 0.849. The van der Waals surface area contributed by atoms with Crippen LogP contribution in [0.25, 0.3) is 0 Å². The van der Waals surface area contributed by atoms with E-state index in [2.05, 4.69) is 21.8 Å². The largest absolute Gasteiger partial charge is 0.474 e. The van der Waals surface area contributed by atoms with Crippen LogP contribution in [-0.2, 0) is 0 Å². The highest BCUT2D eigenvalue weighted by Crippen LogP contribution is 2.22. The molecule has 2 heterocycles. The zero-order valence-electron chi connectivity index (χ0n) is 10.6. The zero-order chi connectivity index (χ0) is 12.4. The van der Waals surface area contributed by atoms with Crippen molar-refractivity contribution in [2.24, 2.45) is 11.7 Å². The fraction of sp³-hybridized carbons (Fsp3) is 0.667. The van der Waals surface area contributed by atoms with Crippen molar-refractivity contribution in [3.05, 3.63) is 12.4 Å². The van der Waals surface area contributed by atoms with Gasteiger partial charge in [-0.2, -0.15) is 4.98 Å². The molecule has 1 saturated heterocycles. The number of aromatic nitrogens is 2. The molecule has 1 aromatic heterocycles. The van der Waals surface area contributed by atoms with Gasteiger partial charge in [-0.25, -0.2) is 0 Å². The van der Waals surface area contributed by atoms with Gasteiger partial charge in [0.2, 0.25) is 5.88 Å². The van der Waals surface area contributed by atoms with Crippen LogP contribution < -0.4 is 15.4 Å². The van der Waals surface area contributed by atoms with Crippen molar-refractivity contribution in [2.75, 3.05) is 18.0 Å². The number of anilines is 1. The first-order chi connectivity index (χ1) is 8.06. The smallest absolute Gasteiger partial charge is 0.234 e. The van der Waals surface area contributed by atoms with E-state index >= 15 is 0 Å². The van der Waals surface area contributed by atoms with E-state index in [0.29, 0.717) is 11.8 Å². The average Bonchev–Trinajstić information content (AvgIpc) is 2.59. The minimum absolute atomic E-state index is 0.110. The average molecular weight is 236 g/mol. The molecule has 0 amide bonds. The van der Waals surface area contributed by atoms with Crippen LogP contribution in [0, 0.1) is 5.92 Å². The van der Waals surface area contributed by atoms with Gasteiger partial charge >= 0.3 is 0 Å². The number of nitrogens with two attached hydrogens (primary N) is 1. The molecule has 1 aliphatic heterocycles. The number of rotatable bonds is 3. The van der Waals surface area contributed by atoms with Crippen molar-refractivity contribution in [1.82, 2.24) is 9.97 Å². The zero-order valence-corrected chi connectivity index (χ0v) is 10.6. The van der Waals surface area contributed by atoms with E-state index in [1.807, 2.05) is 13.8 Å². The van der Waals surface area contributed by atoms with E-state index in [1.165, 1.54) is 0 Å². The molecule has 2 rings (SSSR count). The Morgan fingerprint density at radius 3 is 2.76 bits per heavy atom. The van der Waals surface area contributed by atoms with Crippen molar-refractivity contribution in [3.63, 3.8) is 0 Å². The second-order valence-electron chi connectivity index (χ2n) is 4.93. The van der Waals surface area contributed by atoms with E-state index in [1.54, 1.807) is 12.4 Å². The Morgan fingerprint density at radius 2 is 2.18 bits per heavy atom. The van der Waals surface area contributed by atoms with E-state index in [0.717, 1.165) is 18.9 Å². The second-order valence-corrected chi connectivity index (χ2v) is 4.93. The summed E-state index contributed by atoms with van der Waals surface area (Å²) in [6.07, 6.45) is 3.51. The molecule has 17 heavy (non-hydrogen) atoms. The van der Waals surface area contributed by atoms with Gasteiger partial charge in [-0.3, -0.25) is 4.98 Å². The number of hydrogen-bond acceptors (Lipinski definition) is 5. The van der Waals surface area contributed by atoms with Gasteiger partial charge in [0.15, 0.2) is 5.82 Å². The van der Waals surface area contributed by atoms with Gasteiger partial charge in [-0.05, 0) is 19.8 Å². The van der Waals surface area contributed by atoms with Gasteiger partial charge in [0.25, 0.3) is 0 Å². The Labute approximate surface area is 102 Å². The van der Waals surface area contributed by atoms with Gasteiger partial charge in [0, 0.05) is 19.1 Å². The fourth-order valence-corrected chi connectivity index (χ4v) is 1.97. The molecule has 0 aliphatic carbocycles. The Bertz CT molecular complexity index is 373. The highest BCUT2D eigenvalue weighted by molar-refractivity contribution is 5.39. The van der Waals surface area contributed by atoms with E-state index in [9.17, 15) is 0 Å². The predicted octanol–water partition coefficient (Wildman–Crippen LogP) is 1.05. The molecule has 0 spiro atoms. The maximum absolute atomic E-state index is 6.00. The van der Waals surface area contributed by atoms with Crippen LogP contribution in [0.4, 0.5) is 5.82 Å². The molecule has 0 saturated carbocycles. The van der Waals surface area contributed by atoms with Crippen molar-refractivity contribution in [3.8, 4) is 5.88 Å². The third kappa shape index (κ3) is 2.85. The Hall–Kier alpha value is -1.36. The first-order valence-corrected chi connectivity index (χ1v) is 6.05.